The van der Waals surface area contributed by atoms with Crippen molar-refractivity contribution < 1.29 is 22.8 Å². The summed E-state index contributed by atoms with van der Waals surface area (Å²) in [7, 11) is -3.24. The van der Waals surface area contributed by atoms with Gasteiger partial charge in [0, 0.05) is 32.2 Å². The zero-order chi connectivity index (χ0) is 19.1. The molecule has 3 aliphatic rings. The molecule has 0 radical (unpaired) electrons. The number of amides is 4. The van der Waals surface area contributed by atoms with E-state index in [0.29, 0.717) is 26.2 Å². The van der Waals surface area contributed by atoms with Crippen molar-refractivity contribution in [3.63, 3.8) is 0 Å². The quantitative estimate of drug-likeness (QED) is 0.494. The molecule has 2 saturated heterocycles. The SMILES string of the molecule is CC1CCCCC1N1C(=O)C(=O)N(CN2CCN(S(C)(=O)=O)CC2)C1=O. The third-order valence-electron chi connectivity index (χ3n) is 5.62. The van der Waals surface area contributed by atoms with E-state index in [0.717, 1.165) is 41.7 Å². The first-order valence-corrected chi connectivity index (χ1v) is 10.9. The molecule has 10 heteroatoms. The Balaban J connectivity index is 1.65. The average molecular weight is 386 g/mol. The van der Waals surface area contributed by atoms with Crippen LogP contribution in [0.2, 0.25) is 0 Å². The highest BCUT2D eigenvalue weighted by molar-refractivity contribution is 7.88. The van der Waals surface area contributed by atoms with Crippen molar-refractivity contribution in [1.29, 1.82) is 0 Å². The Bertz CT molecular complexity index is 701. The molecule has 2 aliphatic heterocycles. The summed E-state index contributed by atoms with van der Waals surface area (Å²) in [4.78, 5) is 41.5. The van der Waals surface area contributed by atoms with E-state index in [1.165, 1.54) is 4.31 Å². The van der Waals surface area contributed by atoms with E-state index in [2.05, 4.69) is 0 Å². The van der Waals surface area contributed by atoms with Crippen LogP contribution in [0.25, 0.3) is 0 Å². The van der Waals surface area contributed by atoms with Gasteiger partial charge in [0.2, 0.25) is 10.0 Å². The Kier molecular flexibility index (Phi) is 5.36. The molecule has 4 amide bonds. The topological polar surface area (TPSA) is 98.3 Å². The molecule has 1 aliphatic carbocycles. The van der Waals surface area contributed by atoms with Gasteiger partial charge in [-0.2, -0.15) is 4.31 Å². The number of piperazine rings is 1. The van der Waals surface area contributed by atoms with Crippen LogP contribution in [0.1, 0.15) is 32.6 Å². The van der Waals surface area contributed by atoms with E-state index in [1.54, 1.807) is 0 Å². The van der Waals surface area contributed by atoms with Crippen LogP contribution in [0.4, 0.5) is 4.79 Å². The minimum absolute atomic E-state index is 0.0264. The third kappa shape index (κ3) is 3.63. The number of hydrogen-bond acceptors (Lipinski definition) is 6. The number of nitrogens with zero attached hydrogens (tertiary/aromatic N) is 4. The second-order valence-corrected chi connectivity index (χ2v) is 9.42. The Morgan fingerprint density at radius 3 is 2.15 bits per heavy atom. The number of carbonyl (C=O) groups is 3. The number of rotatable bonds is 4. The summed E-state index contributed by atoms with van der Waals surface area (Å²) < 4.78 is 24.5. The van der Waals surface area contributed by atoms with Crippen LogP contribution in [0.5, 0.6) is 0 Å². The Morgan fingerprint density at radius 1 is 0.962 bits per heavy atom. The van der Waals surface area contributed by atoms with Crippen LogP contribution in [-0.2, 0) is 19.6 Å². The average Bonchev–Trinajstić information content (AvgIpc) is 2.79. The minimum atomic E-state index is -3.24. The molecule has 0 aromatic heterocycles. The molecule has 3 rings (SSSR count). The van der Waals surface area contributed by atoms with E-state index in [-0.39, 0.29) is 18.6 Å². The van der Waals surface area contributed by atoms with Gasteiger partial charge in [0.15, 0.2) is 0 Å². The second-order valence-electron chi connectivity index (χ2n) is 7.44. The van der Waals surface area contributed by atoms with Gasteiger partial charge in [-0.25, -0.2) is 18.1 Å². The standard InChI is InChI=1S/C16H26N4O5S/c1-12-5-3-4-6-13(12)20-15(22)14(21)19(16(20)23)11-17-7-9-18(10-8-17)26(2,24)25/h12-13H,3-11H2,1-2H3. The number of imide groups is 2. The van der Waals surface area contributed by atoms with Crippen molar-refractivity contribution in [1.82, 2.24) is 19.0 Å². The van der Waals surface area contributed by atoms with Gasteiger partial charge in [0.25, 0.3) is 0 Å². The molecule has 146 valence electrons. The van der Waals surface area contributed by atoms with Gasteiger partial charge < -0.3 is 0 Å². The van der Waals surface area contributed by atoms with Crippen molar-refractivity contribution >= 4 is 27.9 Å². The maximum absolute atomic E-state index is 12.7. The molecule has 1 saturated carbocycles. The highest BCUT2D eigenvalue weighted by atomic mass is 32.2. The molecule has 0 spiro atoms. The van der Waals surface area contributed by atoms with Gasteiger partial charge >= 0.3 is 17.8 Å². The number of carbonyl (C=O) groups excluding carboxylic acids is 3. The molecule has 0 bridgehead atoms. The fourth-order valence-corrected chi connectivity index (χ4v) is 4.85. The highest BCUT2D eigenvalue weighted by Crippen LogP contribution is 2.31. The minimum Gasteiger partial charge on any atom is -0.283 e. The second kappa shape index (κ2) is 7.24. The summed E-state index contributed by atoms with van der Waals surface area (Å²) in [5, 5.41) is 0. The Hall–Kier alpha value is -1.52. The zero-order valence-corrected chi connectivity index (χ0v) is 16.1. The van der Waals surface area contributed by atoms with E-state index >= 15 is 0 Å². The summed E-state index contributed by atoms with van der Waals surface area (Å²) in [6.45, 7) is 3.50. The summed E-state index contributed by atoms with van der Waals surface area (Å²) in [5.74, 6) is -1.32. The molecule has 0 aromatic carbocycles. The zero-order valence-electron chi connectivity index (χ0n) is 15.3. The first kappa shape index (κ1) is 19.2. The molecule has 0 aromatic rings. The molecule has 26 heavy (non-hydrogen) atoms. The maximum Gasteiger partial charge on any atom is 0.335 e. The largest absolute Gasteiger partial charge is 0.335 e. The predicted octanol–water partition coefficient (Wildman–Crippen LogP) is -0.109. The van der Waals surface area contributed by atoms with Gasteiger partial charge in [-0.15, -0.1) is 0 Å². The van der Waals surface area contributed by atoms with Crippen LogP contribution in [0.15, 0.2) is 0 Å². The molecular weight excluding hydrogens is 360 g/mol. The fraction of sp³-hybridized carbons (Fsp3) is 0.812. The lowest BCUT2D eigenvalue weighted by molar-refractivity contribution is -0.145. The molecule has 2 unspecified atom stereocenters. The van der Waals surface area contributed by atoms with Gasteiger partial charge in [0.05, 0.1) is 12.9 Å². The van der Waals surface area contributed by atoms with Crippen molar-refractivity contribution in [2.45, 2.75) is 38.6 Å². The molecule has 0 N–H and O–H groups in total. The van der Waals surface area contributed by atoms with Crippen LogP contribution < -0.4 is 0 Å². The number of urea groups is 1. The molecular formula is C16H26N4O5S. The van der Waals surface area contributed by atoms with Gasteiger partial charge in [-0.1, -0.05) is 19.8 Å². The summed E-state index contributed by atoms with van der Waals surface area (Å²) in [6, 6.07) is -0.746. The van der Waals surface area contributed by atoms with E-state index in [4.69, 9.17) is 0 Å². The van der Waals surface area contributed by atoms with Gasteiger partial charge in [-0.3, -0.25) is 19.4 Å². The van der Waals surface area contributed by atoms with Crippen molar-refractivity contribution in [2.24, 2.45) is 5.92 Å². The summed E-state index contributed by atoms with van der Waals surface area (Å²) in [6.07, 6.45) is 4.89. The van der Waals surface area contributed by atoms with E-state index in [9.17, 15) is 22.8 Å². The smallest absolute Gasteiger partial charge is 0.283 e. The first-order valence-electron chi connectivity index (χ1n) is 9.06. The first-order chi connectivity index (χ1) is 12.2. The molecule has 3 fully saturated rings. The van der Waals surface area contributed by atoms with Gasteiger partial charge in [-0.05, 0) is 18.8 Å². The van der Waals surface area contributed by atoms with Crippen LogP contribution in [0, 0.1) is 5.92 Å². The fourth-order valence-electron chi connectivity index (χ4n) is 4.02. The highest BCUT2D eigenvalue weighted by Gasteiger charge is 2.49. The van der Waals surface area contributed by atoms with Crippen LogP contribution in [-0.4, -0.2) is 90.4 Å². The predicted molar refractivity (Wildman–Crippen MR) is 93.4 cm³/mol. The van der Waals surface area contributed by atoms with Gasteiger partial charge in [0.1, 0.15) is 0 Å². The third-order valence-corrected chi connectivity index (χ3v) is 6.93. The van der Waals surface area contributed by atoms with E-state index in [1.807, 2.05) is 11.8 Å². The van der Waals surface area contributed by atoms with Crippen molar-refractivity contribution in [3.05, 3.63) is 0 Å². The molecule has 2 heterocycles. The Morgan fingerprint density at radius 2 is 1.58 bits per heavy atom. The van der Waals surface area contributed by atoms with Crippen molar-refractivity contribution in [2.75, 3.05) is 39.1 Å². The number of hydrogen-bond donors (Lipinski definition) is 0. The molecule has 2 atom stereocenters. The maximum atomic E-state index is 12.7. The molecule has 9 nitrogen and oxygen atoms in total. The summed E-state index contributed by atoms with van der Waals surface area (Å²) in [5.41, 5.74) is 0. The Labute approximate surface area is 153 Å². The lowest BCUT2D eigenvalue weighted by Gasteiger charge is -2.36. The lowest BCUT2D eigenvalue weighted by atomic mass is 9.85. The normalized spacial score (nSPS) is 29.7. The summed E-state index contributed by atoms with van der Waals surface area (Å²) >= 11 is 0. The van der Waals surface area contributed by atoms with Crippen LogP contribution in [0.3, 0.4) is 0 Å². The number of sulfonamides is 1. The monoisotopic (exact) mass is 386 g/mol. The van der Waals surface area contributed by atoms with E-state index < -0.39 is 27.9 Å². The lowest BCUT2D eigenvalue weighted by Crippen LogP contribution is -2.52. The van der Waals surface area contributed by atoms with Crippen molar-refractivity contribution in [3.8, 4) is 0 Å². The van der Waals surface area contributed by atoms with Crippen LogP contribution >= 0.6 is 0 Å².